The van der Waals surface area contributed by atoms with Crippen LogP contribution in [0.3, 0.4) is 0 Å². The molecule has 2 amide bonds. The lowest BCUT2D eigenvalue weighted by atomic mass is 9.95. The van der Waals surface area contributed by atoms with Crippen LogP contribution in [-0.4, -0.2) is 50.0 Å². The summed E-state index contributed by atoms with van der Waals surface area (Å²) in [5.41, 5.74) is 0.766. The van der Waals surface area contributed by atoms with E-state index < -0.39 is 6.04 Å². The Kier molecular flexibility index (Phi) is 7.35. The van der Waals surface area contributed by atoms with Crippen LogP contribution < -0.4 is 24.4 Å². The molecule has 0 bridgehead atoms. The smallest absolute Gasteiger partial charge is 0.265 e. The van der Waals surface area contributed by atoms with Crippen molar-refractivity contribution in [2.24, 2.45) is 0 Å². The number of methoxy groups -OCH3 is 1. The van der Waals surface area contributed by atoms with Gasteiger partial charge in [-0.15, -0.1) is 0 Å². The van der Waals surface area contributed by atoms with Crippen LogP contribution in [0.1, 0.15) is 49.4 Å². The van der Waals surface area contributed by atoms with Crippen molar-refractivity contribution in [1.82, 2.24) is 5.32 Å². The number of Topliss-reactive ketones (excluding diaryl/α,β-unsaturated/α-hetero) is 1. The summed E-state index contributed by atoms with van der Waals surface area (Å²) in [4.78, 5) is 40.0. The molecule has 1 unspecified atom stereocenters. The quantitative estimate of drug-likeness (QED) is 0.599. The van der Waals surface area contributed by atoms with Crippen molar-refractivity contribution in [3.63, 3.8) is 0 Å². The number of rotatable bonds is 8. The average molecular weight is 467 g/mol. The van der Waals surface area contributed by atoms with Gasteiger partial charge in [-0.3, -0.25) is 19.3 Å². The number of fused-ring (bicyclic) bond motifs is 1. The Morgan fingerprint density at radius 3 is 2.59 bits per heavy atom. The van der Waals surface area contributed by atoms with Gasteiger partial charge in [0.15, 0.2) is 30.5 Å². The number of anilines is 1. The van der Waals surface area contributed by atoms with Crippen LogP contribution in [0.25, 0.3) is 0 Å². The Morgan fingerprint density at radius 2 is 1.85 bits per heavy atom. The number of hydrogen-bond acceptors (Lipinski definition) is 6. The number of para-hydroxylation sites is 2. The maximum atomic E-state index is 13.0. The van der Waals surface area contributed by atoms with Crippen molar-refractivity contribution >= 4 is 23.3 Å². The first kappa shape index (κ1) is 23.6. The summed E-state index contributed by atoms with van der Waals surface area (Å²) < 4.78 is 16.5. The minimum atomic E-state index is -0.729. The minimum Gasteiger partial charge on any atom is -0.493 e. The van der Waals surface area contributed by atoms with Crippen molar-refractivity contribution in [3.8, 4) is 17.2 Å². The fourth-order valence-electron chi connectivity index (χ4n) is 4.42. The summed E-state index contributed by atoms with van der Waals surface area (Å²) in [7, 11) is 1.53. The third-order valence-electron chi connectivity index (χ3n) is 6.31. The average Bonchev–Trinajstić information content (AvgIpc) is 2.87. The van der Waals surface area contributed by atoms with Crippen LogP contribution in [0.2, 0.25) is 0 Å². The summed E-state index contributed by atoms with van der Waals surface area (Å²) in [6.45, 7) is 1.34. The van der Waals surface area contributed by atoms with Crippen LogP contribution in [0.15, 0.2) is 42.5 Å². The lowest BCUT2D eigenvalue weighted by molar-refractivity contribution is -0.128. The predicted octanol–water partition coefficient (Wildman–Crippen LogP) is 3.52. The molecule has 0 saturated heterocycles. The lowest BCUT2D eigenvalue weighted by Crippen LogP contribution is -2.53. The van der Waals surface area contributed by atoms with E-state index in [-0.39, 0.29) is 36.9 Å². The Morgan fingerprint density at radius 1 is 1.12 bits per heavy atom. The molecule has 180 valence electrons. The van der Waals surface area contributed by atoms with Gasteiger partial charge in [0.25, 0.3) is 5.91 Å². The van der Waals surface area contributed by atoms with Crippen LogP contribution in [0, 0.1) is 0 Å². The van der Waals surface area contributed by atoms with E-state index in [2.05, 4.69) is 5.32 Å². The normalized spacial score (nSPS) is 16.8. The highest BCUT2D eigenvalue weighted by molar-refractivity contribution is 6.05. The minimum absolute atomic E-state index is 0.138. The van der Waals surface area contributed by atoms with Gasteiger partial charge in [-0.25, -0.2) is 0 Å². The molecule has 1 aliphatic heterocycles. The number of ether oxygens (including phenoxy) is 3. The monoisotopic (exact) mass is 466 g/mol. The summed E-state index contributed by atoms with van der Waals surface area (Å²) in [6.07, 6.45) is 5.30. The van der Waals surface area contributed by atoms with Crippen molar-refractivity contribution in [2.75, 3.05) is 25.2 Å². The largest absolute Gasteiger partial charge is 0.493 e. The van der Waals surface area contributed by atoms with Gasteiger partial charge in [0, 0.05) is 11.6 Å². The lowest BCUT2D eigenvalue weighted by Gasteiger charge is -2.34. The Hall–Kier alpha value is -3.55. The van der Waals surface area contributed by atoms with Gasteiger partial charge in [-0.2, -0.15) is 0 Å². The van der Waals surface area contributed by atoms with Crippen molar-refractivity contribution in [2.45, 2.75) is 51.1 Å². The molecule has 1 aliphatic carbocycles. The fraction of sp³-hybridized carbons (Fsp3) is 0.423. The standard InChI is InChI=1S/C26H30N2O6/c1-17(26(31)27-19-8-4-3-5-9-19)28-20-14-18(12-13-22(20)34-16-25(28)30)21(29)15-33-24-11-7-6-10-23(24)32-2/h6-7,10-14,17,19H,3-5,8-9,15-16H2,1-2H3,(H,27,31). The van der Waals surface area contributed by atoms with Gasteiger partial charge < -0.3 is 19.5 Å². The molecule has 4 rings (SSSR count). The van der Waals surface area contributed by atoms with Crippen LogP contribution >= 0.6 is 0 Å². The summed E-state index contributed by atoms with van der Waals surface area (Å²) in [6, 6.07) is 11.4. The van der Waals surface area contributed by atoms with E-state index in [0.29, 0.717) is 28.5 Å². The molecule has 0 spiro atoms. The van der Waals surface area contributed by atoms with E-state index in [1.54, 1.807) is 43.3 Å². The van der Waals surface area contributed by atoms with Gasteiger partial charge in [0.1, 0.15) is 11.8 Å². The number of carbonyl (C=O) groups is 3. The first-order valence-corrected chi connectivity index (χ1v) is 11.7. The van der Waals surface area contributed by atoms with E-state index in [9.17, 15) is 14.4 Å². The zero-order valence-corrected chi connectivity index (χ0v) is 19.5. The number of hydrogen-bond donors (Lipinski definition) is 1. The molecule has 1 saturated carbocycles. The molecule has 2 aromatic carbocycles. The van der Waals surface area contributed by atoms with E-state index in [1.165, 1.54) is 18.4 Å². The first-order valence-electron chi connectivity index (χ1n) is 11.7. The number of amides is 2. The molecular weight excluding hydrogens is 436 g/mol. The maximum Gasteiger partial charge on any atom is 0.265 e. The highest BCUT2D eigenvalue weighted by Gasteiger charge is 2.34. The van der Waals surface area contributed by atoms with Gasteiger partial charge in [0.2, 0.25) is 5.91 Å². The van der Waals surface area contributed by atoms with E-state index >= 15 is 0 Å². The van der Waals surface area contributed by atoms with Crippen LogP contribution in [0.4, 0.5) is 5.69 Å². The molecule has 1 heterocycles. The van der Waals surface area contributed by atoms with Gasteiger partial charge >= 0.3 is 0 Å². The number of nitrogens with one attached hydrogen (secondary N) is 1. The number of carbonyl (C=O) groups excluding carboxylic acids is 3. The first-order chi connectivity index (χ1) is 16.5. The number of benzene rings is 2. The van der Waals surface area contributed by atoms with Crippen molar-refractivity contribution in [1.29, 1.82) is 0 Å². The van der Waals surface area contributed by atoms with Crippen molar-refractivity contribution in [3.05, 3.63) is 48.0 Å². The SMILES string of the molecule is COc1ccccc1OCC(=O)c1ccc2c(c1)N(C(C)C(=O)NC1CCCCC1)C(=O)CO2. The second-order valence-corrected chi connectivity index (χ2v) is 8.62. The van der Waals surface area contributed by atoms with E-state index in [0.717, 1.165) is 25.7 Å². The molecule has 2 aromatic rings. The molecule has 1 fully saturated rings. The Bertz CT molecular complexity index is 1060. The Labute approximate surface area is 199 Å². The molecule has 34 heavy (non-hydrogen) atoms. The Balaban J connectivity index is 1.50. The maximum absolute atomic E-state index is 13.0. The zero-order chi connectivity index (χ0) is 24.1. The molecule has 8 nitrogen and oxygen atoms in total. The number of nitrogens with zero attached hydrogens (tertiary/aromatic N) is 1. The molecule has 0 aromatic heterocycles. The highest BCUT2D eigenvalue weighted by atomic mass is 16.5. The molecular formula is C26H30N2O6. The molecule has 1 N–H and O–H groups in total. The molecule has 0 radical (unpaired) electrons. The van der Waals surface area contributed by atoms with Crippen LogP contribution in [0.5, 0.6) is 17.2 Å². The second kappa shape index (κ2) is 10.6. The summed E-state index contributed by atoms with van der Waals surface area (Å²) in [5, 5.41) is 3.08. The zero-order valence-electron chi connectivity index (χ0n) is 19.5. The predicted molar refractivity (Wildman–Crippen MR) is 127 cm³/mol. The van der Waals surface area contributed by atoms with Gasteiger partial charge in [0.05, 0.1) is 12.8 Å². The molecule has 2 aliphatic rings. The highest BCUT2D eigenvalue weighted by Crippen LogP contribution is 2.35. The van der Waals surface area contributed by atoms with E-state index in [1.807, 2.05) is 6.07 Å². The third-order valence-corrected chi connectivity index (χ3v) is 6.31. The summed E-state index contributed by atoms with van der Waals surface area (Å²) >= 11 is 0. The fourth-order valence-corrected chi connectivity index (χ4v) is 4.42. The van der Waals surface area contributed by atoms with Gasteiger partial charge in [-0.05, 0) is 50.1 Å². The van der Waals surface area contributed by atoms with Crippen LogP contribution in [-0.2, 0) is 9.59 Å². The summed E-state index contributed by atoms with van der Waals surface area (Å²) in [5.74, 6) is 0.649. The van der Waals surface area contributed by atoms with Gasteiger partial charge in [-0.1, -0.05) is 31.4 Å². The van der Waals surface area contributed by atoms with Crippen molar-refractivity contribution < 1.29 is 28.6 Å². The van der Waals surface area contributed by atoms with E-state index in [4.69, 9.17) is 14.2 Å². The molecule has 1 atom stereocenters. The third kappa shape index (κ3) is 5.16. The topological polar surface area (TPSA) is 94.2 Å². The second-order valence-electron chi connectivity index (χ2n) is 8.62. The molecule has 8 heteroatoms. The number of ketones is 1.